The number of aromatic nitrogens is 1. The van der Waals surface area contributed by atoms with E-state index in [0.717, 1.165) is 4.90 Å². The van der Waals surface area contributed by atoms with Crippen molar-refractivity contribution in [2.24, 2.45) is 0 Å². The number of aliphatic hydroxyl groups is 1. The molecule has 1 aromatic carbocycles. The molecule has 0 aliphatic heterocycles. The molecule has 0 aliphatic carbocycles. The molecule has 2 rings (SSSR count). The Kier molecular flexibility index (Phi) is 4.51. The predicted molar refractivity (Wildman–Crippen MR) is 84.1 cm³/mol. The second kappa shape index (κ2) is 5.98. The Morgan fingerprint density at radius 3 is 2.05 bits per heavy atom. The van der Waals surface area contributed by atoms with Crippen molar-refractivity contribution in [3.05, 3.63) is 53.9 Å². The molecule has 0 amide bonds. The third-order valence-electron chi connectivity index (χ3n) is 3.14. The second-order valence-corrected chi connectivity index (χ2v) is 7.12. The van der Waals surface area contributed by atoms with E-state index in [0.29, 0.717) is 5.69 Å². The van der Waals surface area contributed by atoms with E-state index in [9.17, 15) is 5.11 Å². The van der Waals surface area contributed by atoms with Crippen LogP contribution in [0.15, 0.2) is 52.4 Å². The van der Waals surface area contributed by atoms with E-state index in [-0.39, 0.29) is 5.41 Å². The summed E-state index contributed by atoms with van der Waals surface area (Å²) in [6, 6.07) is 12.5. The zero-order valence-corrected chi connectivity index (χ0v) is 13.2. The van der Waals surface area contributed by atoms with Crippen LogP contribution in [0.25, 0.3) is 0 Å². The average molecular weight is 287 g/mol. The van der Waals surface area contributed by atoms with Gasteiger partial charge in [-0.15, -0.1) is 0 Å². The number of hydrogen-bond acceptors (Lipinski definition) is 3. The van der Waals surface area contributed by atoms with Gasteiger partial charge in [-0.05, 0) is 42.2 Å². The van der Waals surface area contributed by atoms with Crippen LogP contribution in [-0.4, -0.2) is 10.1 Å². The number of pyridine rings is 1. The van der Waals surface area contributed by atoms with Crippen molar-refractivity contribution in [2.45, 2.75) is 49.0 Å². The van der Waals surface area contributed by atoms with Crippen LogP contribution in [0.1, 0.15) is 45.1 Å². The van der Waals surface area contributed by atoms with Gasteiger partial charge in [0.2, 0.25) is 0 Å². The first-order valence-electron chi connectivity index (χ1n) is 6.79. The minimum atomic E-state index is -0.514. The van der Waals surface area contributed by atoms with Gasteiger partial charge >= 0.3 is 0 Å². The Morgan fingerprint density at radius 1 is 1.00 bits per heavy atom. The lowest BCUT2D eigenvalue weighted by molar-refractivity contribution is 0.194. The highest BCUT2D eigenvalue weighted by Crippen LogP contribution is 2.30. The summed E-state index contributed by atoms with van der Waals surface area (Å²) in [5, 5.41) is 9.44. The fourth-order valence-electron chi connectivity index (χ4n) is 1.86. The molecule has 1 aromatic heterocycles. The van der Waals surface area contributed by atoms with Gasteiger partial charge in [0.05, 0.1) is 11.8 Å². The summed E-state index contributed by atoms with van der Waals surface area (Å²) in [5.74, 6) is 0. The topological polar surface area (TPSA) is 33.1 Å². The maximum atomic E-state index is 9.44. The summed E-state index contributed by atoms with van der Waals surface area (Å²) in [7, 11) is 0. The van der Waals surface area contributed by atoms with E-state index in [1.807, 2.05) is 18.3 Å². The number of nitrogens with zero attached hydrogens (tertiary/aromatic N) is 1. The summed E-state index contributed by atoms with van der Waals surface area (Å²) in [6.07, 6.45) is 1.30. The number of rotatable bonds is 3. The van der Waals surface area contributed by atoms with E-state index in [2.05, 4.69) is 50.0 Å². The molecule has 0 aliphatic rings. The third kappa shape index (κ3) is 3.84. The van der Waals surface area contributed by atoms with Crippen LogP contribution < -0.4 is 0 Å². The van der Waals surface area contributed by atoms with E-state index in [1.54, 1.807) is 18.7 Å². The Hall–Kier alpha value is -1.32. The number of aliphatic hydroxyl groups excluding tert-OH is 1. The van der Waals surface area contributed by atoms with Crippen LogP contribution in [-0.2, 0) is 5.41 Å². The van der Waals surface area contributed by atoms with Gasteiger partial charge in [-0.1, -0.05) is 44.7 Å². The molecule has 0 saturated carbocycles. The molecule has 2 nitrogen and oxygen atoms in total. The van der Waals surface area contributed by atoms with Crippen LogP contribution >= 0.6 is 11.8 Å². The Labute approximate surface area is 125 Å². The standard InChI is InChI=1S/C17H21NOS/c1-12(19)16-10-9-15(11-18-16)20-14-7-5-13(6-8-14)17(2,3)4/h5-12,19H,1-4H3. The van der Waals surface area contributed by atoms with Gasteiger partial charge < -0.3 is 5.11 Å². The summed E-state index contributed by atoms with van der Waals surface area (Å²) >= 11 is 1.68. The summed E-state index contributed by atoms with van der Waals surface area (Å²) in [6.45, 7) is 8.37. The van der Waals surface area contributed by atoms with E-state index >= 15 is 0 Å². The van der Waals surface area contributed by atoms with Crippen molar-refractivity contribution >= 4 is 11.8 Å². The monoisotopic (exact) mass is 287 g/mol. The normalized spacial score (nSPS) is 13.2. The molecule has 1 heterocycles. The highest BCUT2D eigenvalue weighted by atomic mass is 32.2. The minimum Gasteiger partial charge on any atom is -0.387 e. The summed E-state index contributed by atoms with van der Waals surface area (Å²) < 4.78 is 0. The molecule has 0 bridgehead atoms. The van der Waals surface area contributed by atoms with Crippen LogP contribution in [0.3, 0.4) is 0 Å². The summed E-state index contributed by atoms with van der Waals surface area (Å²) in [5.41, 5.74) is 2.23. The highest BCUT2D eigenvalue weighted by molar-refractivity contribution is 7.99. The van der Waals surface area contributed by atoms with Gasteiger partial charge in [0.15, 0.2) is 0 Å². The molecule has 0 saturated heterocycles. The third-order valence-corrected chi connectivity index (χ3v) is 4.13. The molecule has 0 radical (unpaired) electrons. The first-order valence-corrected chi connectivity index (χ1v) is 7.60. The van der Waals surface area contributed by atoms with Crippen LogP contribution in [0, 0.1) is 0 Å². The molecule has 106 valence electrons. The predicted octanol–water partition coefficient (Wildman–Crippen LogP) is 4.58. The Balaban J connectivity index is 2.10. The first-order chi connectivity index (χ1) is 9.36. The molecule has 0 spiro atoms. The van der Waals surface area contributed by atoms with E-state index in [4.69, 9.17) is 0 Å². The summed E-state index contributed by atoms with van der Waals surface area (Å²) in [4.78, 5) is 6.54. The molecule has 1 N–H and O–H groups in total. The molecular formula is C17H21NOS. The molecular weight excluding hydrogens is 266 g/mol. The van der Waals surface area contributed by atoms with Gasteiger partial charge in [0.1, 0.15) is 0 Å². The lowest BCUT2D eigenvalue weighted by Gasteiger charge is -2.19. The lowest BCUT2D eigenvalue weighted by atomic mass is 9.87. The fourth-order valence-corrected chi connectivity index (χ4v) is 2.64. The quantitative estimate of drug-likeness (QED) is 0.896. The molecule has 3 heteroatoms. The van der Waals surface area contributed by atoms with Crippen molar-refractivity contribution in [1.82, 2.24) is 4.98 Å². The maximum absolute atomic E-state index is 9.44. The van der Waals surface area contributed by atoms with Crippen molar-refractivity contribution in [3.63, 3.8) is 0 Å². The van der Waals surface area contributed by atoms with Crippen LogP contribution in [0.4, 0.5) is 0 Å². The maximum Gasteiger partial charge on any atom is 0.0931 e. The molecule has 1 atom stereocenters. The SMILES string of the molecule is CC(O)c1ccc(Sc2ccc(C(C)(C)C)cc2)cn1. The first kappa shape index (κ1) is 15.1. The Bertz CT molecular complexity index is 553. The number of hydrogen-bond donors (Lipinski definition) is 1. The number of benzene rings is 1. The van der Waals surface area contributed by atoms with Crippen molar-refractivity contribution in [2.75, 3.05) is 0 Å². The van der Waals surface area contributed by atoms with Crippen molar-refractivity contribution in [3.8, 4) is 0 Å². The van der Waals surface area contributed by atoms with E-state index in [1.165, 1.54) is 10.5 Å². The van der Waals surface area contributed by atoms with Crippen molar-refractivity contribution in [1.29, 1.82) is 0 Å². The molecule has 1 unspecified atom stereocenters. The zero-order chi connectivity index (χ0) is 14.8. The smallest absolute Gasteiger partial charge is 0.0931 e. The van der Waals surface area contributed by atoms with E-state index < -0.39 is 6.10 Å². The van der Waals surface area contributed by atoms with Gasteiger partial charge in [-0.25, -0.2) is 0 Å². The molecule has 0 fully saturated rings. The Morgan fingerprint density at radius 2 is 1.60 bits per heavy atom. The average Bonchev–Trinajstić information content (AvgIpc) is 2.39. The lowest BCUT2D eigenvalue weighted by Crippen LogP contribution is -2.10. The highest BCUT2D eigenvalue weighted by Gasteiger charge is 2.13. The van der Waals surface area contributed by atoms with Gasteiger partial charge in [-0.3, -0.25) is 4.98 Å². The van der Waals surface area contributed by atoms with Crippen LogP contribution in [0.5, 0.6) is 0 Å². The van der Waals surface area contributed by atoms with Gasteiger partial charge in [0, 0.05) is 16.0 Å². The van der Waals surface area contributed by atoms with Gasteiger partial charge in [0.25, 0.3) is 0 Å². The molecule has 20 heavy (non-hydrogen) atoms. The minimum absolute atomic E-state index is 0.184. The van der Waals surface area contributed by atoms with Crippen LogP contribution in [0.2, 0.25) is 0 Å². The van der Waals surface area contributed by atoms with Crippen molar-refractivity contribution < 1.29 is 5.11 Å². The fraction of sp³-hybridized carbons (Fsp3) is 0.353. The van der Waals surface area contributed by atoms with Gasteiger partial charge in [-0.2, -0.15) is 0 Å². The zero-order valence-electron chi connectivity index (χ0n) is 12.4. The largest absolute Gasteiger partial charge is 0.387 e. The molecule has 2 aromatic rings. The second-order valence-electron chi connectivity index (χ2n) is 5.97.